The maximum atomic E-state index is 5.82. The van der Waals surface area contributed by atoms with Crippen LogP contribution in [-0.4, -0.2) is 45.2 Å². The van der Waals surface area contributed by atoms with Crippen molar-refractivity contribution in [3.05, 3.63) is 65.7 Å². The highest BCUT2D eigenvalue weighted by molar-refractivity contribution is 5.85. The van der Waals surface area contributed by atoms with Crippen LogP contribution in [0.1, 0.15) is 24.0 Å². The standard InChI is InChI=1S/C21H30N2O.ClH/c1-23(2)16-15-22-14-6-7-17-24-21-12-10-20(11-13-21)18-19-8-4-3-5-9-19;/h3-5,8-13,22H,6-7,14-18H2,1-2H3;1H. The molecule has 2 aromatic carbocycles. The molecule has 0 unspecified atom stereocenters. The van der Waals surface area contributed by atoms with Crippen molar-refractivity contribution in [1.29, 1.82) is 0 Å². The Balaban J connectivity index is 0.00000312. The summed E-state index contributed by atoms with van der Waals surface area (Å²) in [6.07, 6.45) is 3.21. The van der Waals surface area contributed by atoms with Crippen molar-refractivity contribution in [3.63, 3.8) is 0 Å². The first-order valence-electron chi connectivity index (χ1n) is 8.85. The number of rotatable bonds is 11. The lowest BCUT2D eigenvalue weighted by atomic mass is 10.1. The van der Waals surface area contributed by atoms with Gasteiger partial charge in [-0.1, -0.05) is 42.5 Å². The number of hydrogen-bond acceptors (Lipinski definition) is 3. The highest BCUT2D eigenvalue weighted by Crippen LogP contribution is 2.15. The van der Waals surface area contributed by atoms with Crippen molar-refractivity contribution in [2.75, 3.05) is 40.3 Å². The molecule has 0 spiro atoms. The van der Waals surface area contributed by atoms with Gasteiger partial charge in [0.2, 0.25) is 0 Å². The minimum atomic E-state index is 0. The highest BCUT2D eigenvalue weighted by Gasteiger charge is 1.98. The van der Waals surface area contributed by atoms with Crippen LogP contribution in [0.3, 0.4) is 0 Å². The van der Waals surface area contributed by atoms with E-state index >= 15 is 0 Å². The number of halogens is 1. The summed E-state index contributed by atoms with van der Waals surface area (Å²) in [4.78, 5) is 2.19. The molecule has 25 heavy (non-hydrogen) atoms. The van der Waals surface area contributed by atoms with Gasteiger partial charge in [0.15, 0.2) is 0 Å². The number of hydrogen-bond donors (Lipinski definition) is 1. The van der Waals surface area contributed by atoms with E-state index in [2.05, 4.69) is 78.9 Å². The maximum Gasteiger partial charge on any atom is 0.119 e. The lowest BCUT2D eigenvalue weighted by Gasteiger charge is -2.10. The van der Waals surface area contributed by atoms with Crippen molar-refractivity contribution < 1.29 is 4.74 Å². The zero-order chi connectivity index (χ0) is 17.0. The van der Waals surface area contributed by atoms with Crippen LogP contribution in [0.15, 0.2) is 54.6 Å². The van der Waals surface area contributed by atoms with Crippen molar-refractivity contribution >= 4 is 12.4 Å². The molecule has 2 rings (SSSR count). The van der Waals surface area contributed by atoms with Crippen LogP contribution in [0.5, 0.6) is 5.75 Å². The predicted octanol–water partition coefficient (Wildman–Crippen LogP) is 4.01. The number of benzene rings is 2. The van der Waals surface area contributed by atoms with E-state index in [1.165, 1.54) is 11.1 Å². The van der Waals surface area contributed by atoms with Gasteiger partial charge >= 0.3 is 0 Å². The molecule has 1 N–H and O–H groups in total. The summed E-state index contributed by atoms with van der Waals surface area (Å²) >= 11 is 0. The van der Waals surface area contributed by atoms with Gasteiger partial charge in [-0.2, -0.15) is 0 Å². The molecule has 0 fully saturated rings. The van der Waals surface area contributed by atoms with E-state index in [0.29, 0.717) is 0 Å². The van der Waals surface area contributed by atoms with Gasteiger partial charge in [-0.3, -0.25) is 0 Å². The Labute approximate surface area is 158 Å². The van der Waals surface area contributed by atoms with E-state index in [9.17, 15) is 0 Å². The van der Waals surface area contributed by atoms with E-state index in [-0.39, 0.29) is 12.4 Å². The molecule has 0 aliphatic rings. The van der Waals surface area contributed by atoms with Crippen LogP contribution in [0.4, 0.5) is 0 Å². The third-order valence-electron chi connectivity index (χ3n) is 3.93. The molecule has 3 nitrogen and oxygen atoms in total. The van der Waals surface area contributed by atoms with Crippen LogP contribution in [0, 0.1) is 0 Å². The number of unbranched alkanes of at least 4 members (excludes halogenated alkanes) is 1. The van der Waals surface area contributed by atoms with Gasteiger partial charge in [0.25, 0.3) is 0 Å². The summed E-state index contributed by atoms with van der Waals surface area (Å²) in [5, 5.41) is 3.45. The molecular weight excluding hydrogens is 332 g/mol. The minimum Gasteiger partial charge on any atom is -0.494 e. The van der Waals surface area contributed by atoms with Crippen LogP contribution in [0.2, 0.25) is 0 Å². The molecule has 0 saturated heterocycles. The van der Waals surface area contributed by atoms with E-state index in [1.807, 2.05) is 0 Å². The van der Waals surface area contributed by atoms with Crippen LogP contribution in [-0.2, 0) is 6.42 Å². The lowest BCUT2D eigenvalue weighted by molar-refractivity contribution is 0.305. The van der Waals surface area contributed by atoms with Gasteiger partial charge < -0.3 is 15.0 Å². The lowest BCUT2D eigenvalue weighted by Crippen LogP contribution is -2.27. The third-order valence-corrected chi connectivity index (χ3v) is 3.93. The smallest absolute Gasteiger partial charge is 0.119 e. The SMILES string of the molecule is CN(C)CCNCCCCOc1ccc(Cc2ccccc2)cc1.Cl. The Morgan fingerprint density at radius 1 is 0.840 bits per heavy atom. The Kier molecular flexibility index (Phi) is 11.0. The molecule has 0 saturated carbocycles. The molecule has 4 heteroatoms. The van der Waals surface area contributed by atoms with Crippen molar-refractivity contribution in [2.24, 2.45) is 0 Å². The summed E-state index contributed by atoms with van der Waals surface area (Å²) in [5.74, 6) is 0.965. The minimum absolute atomic E-state index is 0. The first kappa shape index (κ1) is 21.5. The Hall–Kier alpha value is -1.55. The molecule has 0 bridgehead atoms. The second-order valence-corrected chi connectivity index (χ2v) is 6.42. The molecule has 138 valence electrons. The molecule has 0 aliphatic carbocycles. The molecule has 2 aromatic rings. The number of likely N-dealkylation sites (N-methyl/N-ethyl adjacent to an activating group) is 1. The van der Waals surface area contributed by atoms with Crippen LogP contribution >= 0.6 is 12.4 Å². The maximum absolute atomic E-state index is 5.82. The number of nitrogens with zero attached hydrogens (tertiary/aromatic N) is 1. The highest BCUT2D eigenvalue weighted by atomic mass is 35.5. The van der Waals surface area contributed by atoms with Gasteiger partial charge in [-0.05, 0) is 63.2 Å². The average Bonchev–Trinajstić information content (AvgIpc) is 2.59. The molecule has 0 radical (unpaired) electrons. The summed E-state index contributed by atoms with van der Waals surface area (Å²) in [5.41, 5.74) is 2.66. The van der Waals surface area contributed by atoms with Gasteiger partial charge in [0, 0.05) is 13.1 Å². The van der Waals surface area contributed by atoms with Gasteiger partial charge in [0.05, 0.1) is 6.61 Å². The molecule has 0 amide bonds. The van der Waals surface area contributed by atoms with Crippen molar-refractivity contribution in [2.45, 2.75) is 19.3 Å². The fourth-order valence-electron chi connectivity index (χ4n) is 2.50. The summed E-state index contributed by atoms with van der Waals surface area (Å²) < 4.78 is 5.82. The Morgan fingerprint density at radius 3 is 2.20 bits per heavy atom. The average molecular weight is 363 g/mol. The summed E-state index contributed by atoms with van der Waals surface area (Å²) in [6, 6.07) is 19.0. The zero-order valence-corrected chi connectivity index (χ0v) is 16.2. The quantitative estimate of drug-likeness (QED) is 0.611. The topological polar surface area (TPSA) is 24.5 Å². The van der Waals surface area contributed by atoms with E-state index < -0.39 is 0 Å². The summed E-state index contributed by atoms with van der Waals surface area (Å²) in [7, 11) is 4.20. The van der Waals surface area contributed by atoms with E-state index in [4.69, 9.17) is 4.74 Å². The van der Waals surface area contributed by atoms with Crippen LogP contribution < -0.4 is 10.1 Å². The first-order chi connectivity index (χ1) is 11.7. The van der Waals surface area contributed by atoms with Gasteiger partial charge in [0.1, 0.15) is 5.75 Å². The molecular formula is C21H31ClN2O. The fraction of sp³-hybridized carbons (Fsp3) is 0.429. The van der Waals surface area contributed by atoms with E-state index in [1.54, 1.807) is 0 Å². The van der Waals surface area contributed by atoms with E-state index in [0.717, 1.165) is 51.3 Å². The number of nitrogens with one attached hydrogen (secondary N) is 1. The predicted molar refractivity (Wildman–Crippen MR) is 109 cm³/mol. The normalized spacial score (nSPS) is 10.5. The number of ether oxygens (including phenoxy) is 1. The Morgan fingerprint density at radius 2 is 1.52 bits per heavy atom. The zero-order valence-electron chi connectivity index (χ0n) is 15.4. The molecule has 0 aliphatic heterocycles. The third kappa shape index (κ3) is 9.49. The molecule has 0 atom stereocenters. The first-order valence-corrected chi connectivity index (χ1v) is 8.85. The van der Waals surface area contributed by atoms with Gasteiger partial charge in [-0.15, -0.1) is 12.4 Å². The van der Waals surface area contributed by atoms with Crippen molar-refractivity contribution in [3.8, 4) is 5.75 Å². The van der Waals surface area contributed by atoms with Gasteiger partial charge in [-0.25, -0.2) is 0 Å². The second kappa shape index (κ2) is 12.8. The second-order valence-electron chi connectivity index (χ2n) is 6.42. The van der Waals surface area contributed by atoms with Crippen LogP contribution in [0.25, 0.3) is 0 Å². The summed E-state index contributed by atoms with van der Waals surface area (Å²) in [6.45, 7) is 3.99. The molecule has 0 heterocycles. The fourth-order valence-corrected chi connectivity index (χ4v) is 2.50. The monoisotopic (exact) mass is 362 g/mol. The molecule has 0 aromatic heterocycles. The van der Waals surface area contributed by atoms with Crippen molar-refractivity contribution in [1.82, 2.24) is 10.2 Å². The Bertz CT molecular complexity index is 558. The largest absolute Gasteiger partial charge is 0.494 e.